The van der Waals surface area contributed by atoms with Crippen molar-refractivity contribution in [1.29, 1.82) is 5.39 Å². The number of nitrogen functional groups attached to an aromatic ring is 1. The molecular weight excluding hydrogens is 394 g/mol. The van der Waals surface area contributed by atoms with Crippen molar-refractivity contribution in [2.24, 2.45) is 0 Å². The molecule has 0 fully saturated rings. The van der Waals surface area contributed by atoms with Crippen LogP contribution in [0.25, 0.3) is 4.98 Å². The SMILES string of the molecule is N#[N+]c1ccc(OCC(=O)NO)cc1.Nc1ccc(OCC(=O)NO)cc1.[Cl-]. The highest BCUT2D eigenvalue weighted by Gasteiger charge is 2.05. The van der Waals surface area contributed by atoms with Crippen molar-refractivity contribution in [2.75, 3.05) is 18.9 Å². The first-order chi connectivity index (χ1) is 13.0. The zero-order chi connectivity index (χ0) is 20.1. The van der Waals surface area contributed by atoms with E-state index in [1.165, 1.54) is 23.1 Å². The fraction of sp³-hybridized carbons (Fsp3) is 0.125. The lowest BCUT2D eigenvalue weighted by atomic mass is 10.3. The molecule has 2 aromatic rings. The summed E-state index contributed by atoms with van der Waals surface area (Å²) in [5.74, 6) is -0.267. The normalized spacial score (nSPS) is 8.75. The van der Waals surface area contributed by atoms with Gasteiger partial charge in [-0.3, -0.25) is 20.0 Å². The zero-order valence-electron chi connectivity index (χ0n) is 14.4. The predicted octanol–water partition coefficient (Wildman–Crippen LogP) is -1.79. The minimum absolute atomic E-state index is 0. The molecule has 6 N–H and O–H groups in total. The molecule has 0 saturated carbocycles. The topological polar surface area (TPSA) is 171 Å². The number of carbonyl (C=O) groups excluding carboxylic acids is 2. The lowest BCUT2D eigenvalue weighted by Gasteiger charge is -2.03. The lowest BCUT2D eigenvalue weighted by molar-refractivity contribution is -0.131. The van der Waals surface area contributed by atoms with Crippen LogP contribution in [0.15, 0.2) is 48.5 Å². The zero-order valence-corrected chi connectivity index (χ0v) is 15.2. The van der Waals surface area contributed by atoms with E-state index in [0.717, 1.165) is 0 Å². The van der Waals surface area contributed by atoms with E-state index < -0.39 is 11.8 Å². The third-order valence-corrected chi connectivity index (χ3v) is 2.82. The summed E-state index contributed by atoms with van der Waals surface area (Å²) in [7, 11) is 0. The number of hydrogen-bond acceptors (Lipinski definition) is 8. The summed E-state index contributed by atoms with van der Waals surface area (Å²) in [6.45, 7) is -0.494. The Morgan fingerprint density at radius 2 is 1.29 bits per heavy atom. The fourth-order valence-corrected chi connectivity index (χ4v) is 1.54. The van der Waals surface area contributed by atoms with Crippen molar-refractivity contribution in [3.8, 4) is 11.5 Å². The molecule has 0 bridgehead atoms. The molecule has 2 aromatic carbocycles. The summed E-state index contributed by atoms with van der Waals surface area (Å²) in [6.07, 6.45) is 0. The second-order valence-electron chi connectivity index (χ2n) is 4.81. The van der Waals surface area contributed by atoms with Crippen LogP contribution in [0.2, 0.25) is 0 Å². The molecule has 0 spiro atoms. The first-order valence-corrected chi connectivity index (χ1v) is 7.40. The number of amides is 2. The van der Waals surface area contributed by atoms with E-state index in [0.29, 0.717) is 22.9 Å². The maximum atomic E-state index is 10.6. The van der Waals surface area contributed by atoms with Crippen LogP contribution in [0, 0.1) is 5.39 Å². The smallest absolute Gasteiger partial charge is 0.385 e. The number of nitrogens with two attached hydrogens (primary N) is 1. The minimum Gasteiger partial charge on any atom is -1.00 e. The number of hydroxylamine groups is 2. The molecule has 0 atom stereocenters. The van der Waals surface area contributed by atoms with Crippen molar-refractivity contribution >= 4 is 23.2 Å². The number of hydrogen-bond donors (Lipinski definition) is 5. The molecule has 2 amide bonds. The molecule has 0 unspecified atom stereocenters. The minimum atomic E-state index is -0.638. The number of ether oxygens (including phenoxy) is 2. The molecule has 0 aliphatic carbocycles. The second kappa shape index (κ2) is 13.6. The Hall–Kier alpha value is -3.59. The van der Waals surface area contributed by atoms with Gasteiger partial charge in [0.15, 0.2) is 18.2 Å². The van der Waals surface area contributed by atoms with Gasteiger partial charge in [-0.05, 0) is 36.4 Å². The van der Waals surface area contributed by atoms with E-state index in [4.69, 9.17) is 31.0 Å². The van der Waals surface area contributed by atoms with Crippen LogP contribution in [-0.4, -0.2) is 35.4 Å². The van der Waals surface area contributed by atoms with Crippen LogP contribution in [0.3, 0.4) is 0 Å². The Bertz CT molecular complexity index is 780. The van der Waals surface area contributed by atoms with Crippen molar-refractivity contribution < 1.29 is 41.9 Å². The molecule has 0 radical (unpaired) electrons. The number of benzene rings is 2. The van der Waals surface area contributed by atoms with E-state index in [1.807, 2.05) is 0 Å². The largest absolute Gasteiger partial charge is 1.00 e. The number of nitrogens with zero attached hydrogens (tertiary/aromatic N) is 2. The van der Waals surface area contributed by atoms with E-state index in [1.54, 1.807) is 36.4 Å². The molecule has 11 nitrogen and oxygen atoms in total. The van der Waals surface area contributed by atoms with Crippen molar-refractivity contribution in [1.82, 2.24) is 11.0 Å². The third-order valence-electron chi connectivity index (χ3n) is 2.82. The fourth-order valence-electron chi connectivity index (χ4n) is 1.54. The Morgan fingerprint density at radius 1 is 0.893 bits per heavy atom. The number of nitrogens with one attached hydrogen (secondary N) is 2. The summed E-state index contributed by atoms with van der Waals surface area (Å²) in [5.41, 5.74) is 9.34. The highest BCUT2D eigenvalue weighted by atomic mass is 35.5. The highest BCUT2D eigenvalue weighted by Crippen LogP contribution is 2.17. The standard InChI is InChI=1S/C8H7N3O3.C8H10N2O3.ClH/c9-10-6-1-3-7(4-2-6)14-5-8(12)11-13;9-6-1-3-7(4-2-6)13-5-8(11)10-12;/h1-4H,5H2,(H-,11,12,13);1-4,12H,5,9H2,(H,10,11);1H. The van der Waals surface area contributed by atoms with E-state index in [9.17, 15) is 9.59 Å². The van der Waals surface area contributed by atoms with E-state index >= 15 is 0 Å². The van der Waals surface area contributed by atoms with Gasteiger partial charge in [-0.1, -0.05) is 0 Å². The van der Waals surface area contributed by atoms with Gasteiger partial charge < -0.3 is 27.6 Å². The molecule has 150 valence electrons. The summed E-state index contributed by atoms with van der Waals surface area (Å²) in [5, 5.41) is 24.7. The van der Waals surface area contributed by atoms with E-state index in [2.05, 4.69) is 4.98 Å². The van der Waals surface area contributed by atoms with Gasteiger partial charge in [-0.2, -0.15) is 0 Å². The number of diazo groups is 1. The molecular formula is C16H18ClN5O6. The average Bonchev–Trinajstić information content (AvgIpc) is 2.72. The molecule has 0 saturated heterocycles. The first-order valence-electron chi connectivity index (χ1n) is 7.40. The Kier molecular flexibility index (Phi) is 11.8. The molecule has 28 heavy (non-hydrogen) atoms. The van der Waals surface area contributed by atoms with Gasteiger partial charge in [0.25, 0.3) is 11.8 Å². The van der Waals surface area contributed by atoms with Gasteiger partial charge >= 0.3 is 5.69 Å². The van der Waals surface area contributed by atoms with Crippen LogP contribution in [0.5, 0.6) is 11.5 Å². The molecule has 12 heteroatoms. The molecule has 2 rings (SSSR count). The summed E-state index contributed by atoms with van der Waals surface area (Å²) in [6, 6.07) is 12.7. The Balaban J connectivity index is 0.000000504. The van der Waals surface area contributed by atoms with Gasteiger partial charge in [0.1, 0.15) is 11.5 Å². The molecule has 0 aromatic heterocycles. The molecule has 0 aliphatic rings. The van der Waals surface area contributed by atoms with Gasteiger partial charge in [-0.25, -0.2) is 11.0 Å². The first kappa shape index (κ1) is 24.4. The van der Waals surface area contributed by atoms with Gasteiger partial charge in [0.05, 0.1) is 0 Å². The summed E-state index contributed by atoms with van der Waals surface area (Å²) >= 11 is 0. The van der Waals surface area contributed by atoms with Gasteiger partial charge in [0, 0.05) is 17.8 Å². The van der Waals surface area contributed by atoms with Crippen LogP contribution >= 0.6 is 0 Å². The number of rotatable bonds is 6. The summed E-state index contributed by atoms with van der Waals surface area (Å²) < 4.78 is 9.95. The average molecular weight is 412 g/mol. The Morgan fingerprint density at radius 3 is 1.64 bits per heavy atom. The van der Waals surface area contributed by atoms with Crippen LogP contribution in [0.4, 0.5) is 11.4 Å². The van der Waals surface area contributed by atoms with Gasteiger partial charge in [0.2, 0.25) is 5.39 Å². The quantitative estimate of drug-likeness (QED) is 0.160. The lowest BCUT2D eigenvalue weighted by Crippen LogP contribution is -3.00. The Labute approximate surface area is 166 Å². The van der Waals surface area contributed by atoms with Crippen molar-refractivity contribution in [3.05, 3.63) is 53.5 Å². The maximum absolute atomic E-state index is 10.6. The van der Waals surface area contributed by atoms with Crippen molar-refractivity contribution in [2.45, 2.75) is 0 Å². The number of halogens is 1. The molecule has 0 heterocycles. The van der Waals surface area contributed by atoms with Crippen LogP contribution in [0.1, 0.15) is 0 Å². The monoisotopic (exact) mass is 411 g/mol. The molecule has 0 aliphatic heterocycles. The van der Waals surface area contributed by atoms with E-state index in [-0.39, 0.29) is 25.6 Å². The highest BCUT2D eigenvalue weighted by molar-refractivity contribution is 5.76. The maximum Gasteiger partial charge on any atom is 0.385 e. The third kappa shape index (κ3) is 9.78. The van der Waals surface area contributed by atoms with Crippen LogP contribution in [-0.2, 0) is 9.59 Å². The number of carbonyl (C=O) groups is 2. The van der Waals surface area contributed by atoms with Gasteiger partial charge in [-0.15, -0.1) is 0 Å². The predicted molar refractivity (Wildman–Crippen MR) is 92.9 cm³/mol. The second-order valence-corrected chi connectivity index (χ2v) is 4.81. The number of anilines is 1. The summed E-state index contributed by atoms with van der Waals surface area (Å²) in [4.78, 5) is 24.1. The van der Waals surface area contributed by atoms with Crippen LogP contribution < -0.4 is 38.6 Å². The van der Waals surface area contributed by atoms with Crippen molar-refractivity contribution in [3.63, 3.8) is 0 Å².